The molecule has 6 heteroatoms. The highest BCUT2D eigenvalue weighted by molar-refractivity contribution is 7.89. The lowest BCUT2D eigenvalue weighted by atomic mass is 10.1. The molecule has 0 bridgehead atoms. The Hall–Kier alpha value is -2.70. The smallest absolute Gasteiger partial charge is 0.255 e. The molecule has 3 N–H and O–H groups in total. The van der Waals surface area contributed by atoms with Gasteiger partial charge in [0.05, 0.1) is 4.90 Å². The van der Waals surface area contributed by atoms with Gasteiger partial charge in [-0.05, 0) is 41.1 Å². The molecule has 0 spiro atoms. The van der Waals surface area contributed by atoms with Gasteiger partial charge in [-0.15, -0.1) is 0 Å². The van der Waals surface area contributed by atoms with Crippen molar-refractivity contribution in [3.63, 3.8) is 0 Å². The number of nitrogens with two attached hydrogens (primary N) is 1. The van der Waals surface area contributed by atoms with Crippen molar-refractivity contribution in [2.45, 2.75) is 4.90 Å². The van der Waals surface area contributed by atoms with Crippen LogP contribution in [-0.4, -0.2) is 14.3 Å². The van der Waals surface area contributed by atoms with Crippen LogP contribution in [0, 0.1) is 0 Å². The molecular weight excluding hydrogens is 312 g/mol. The standard InChI is InChI=1S/C17H14N2O3S/c18-23(21,22)16-7-3-6-15(11-16)19-17(20)14-9-8-12-4-1-2-5-13(12)10-14/h1-11H,(H,19,20)(H2,18,21,22). The van der Waals surface area contributed by atoms with Gasteiger partial charge in [-0.1, -0.05) is 36.4 Å². The van der Waals surface area contributed by atoms with Crippen LogP contribution in [0.15, 0.2) is 71.6 Å². The third-order valence-corrected chi connectivity index (χ3v) is 4.34. The largest absolute Gasteiger partial charge is 0.322 e. The third kappa shape index (κ3) is 3.39. The molecule has 3 aromatic carbocycles. The molecule has 116 valence electrons. The van der Waals surface area contributed by atoms with Crippen molar-refractivity contribution in [1.29, 1.82) is 0 Å². The summed E-state index contributed by atoms with van der Waals surface area (Å²) >= 11 is 0. The highest BCUT2D eigenvalue weighted by atomic mass is 32.2. The van der Waals surface area contributed by atoms with Crippen LogP contribution >= 0.6 is 0 Å². The minimum Gasteiger partial charge on any atom is -0.322 e. The Morgan fingerprint density at radius 2 is 1.61 bits per heavy atom. The molecule has 3 rings (SSSR count). The van der Waals surface area contributed by atoms with Crippen LogP contribution < -0.4 is 10.5 Å². The van der Waals surface area contributed by atoms with Crippen molar-refractivity contribution < 1.29 is 13.2 Å². The van der Waals surface area contributed by atoms with E-state index in [2.05, 4.69) is 5.32 Å². The molecule has 3 aromatic rings. The van der Waals surface area contributed by atoms with Crippen molar-refractivity contribution in [3.8, 4) is 0 Å². The fourth-order valence-corrected chi connectivity index (χ4v) is 2.84. The number of amides is 1. The number of nitrogens with one attached hydrogen (secondary N) is 1. The van der Waals surface area contributed by atoms with E-state index in [1.165, 1.54) is 18.2 Å². The van der Waals surface area contributed by atoms with Crippen molar-refractivity contribution in [2.75, 3.05) is 5.32 Å². The average Bonchev–Trinajstić information content (AvgIpc) is 2.54. The quantitative estimate of drug-likeness (QED) is 0.775. The molecule has 0 heterocycles. The summed E-state index contributed by atoms with van der Waals surface area (Å²) in [6, 6.07) is 18.9. The number of hydrogen-bond acceptors (Lipinski definition) is 3. The number of fused-ring (bicyclic) bond motifs is 1. The number of carbonyl (C=O) groups is 1. The second-order valence-corrected chi connectivity index (χ2v) is 6.65. The van der Waals surface area contributed by atoms with Gasteiger partial charge >= 0.3 is 0 Å². The van der Waals surface area contributed by atoms with E-state index in [0.717, 1.165) is 10.8 Å². The first-order valence-corrected chi connectivity index (χ1v) is 8.41. The van der Waals surface area contributed by atoms with Crippen LogP contribution in [-0.2, 0) is 10.0 Å². The number of carbonyl (C=O) groups excluding carboxylic acids is 1. The van der Waals surface area contributed by atoms with Gasteiger partial charge in [0.25, 0.3) is 5.91 Å². The molecule has 5 nitrogen and oxygen atoms in total. The van der Waals surface area contributed by atoms with Crippen molar-refractivity contribution >= 4 is 32.4 Å². The third-order valence-electron chi connectivity index (χ3n) is 3.43. The Morgan fingerprint density at radius 1 is 0.870 bits per heavy atom. The fraction of sp³-hybridized carbons (Fsp3) is 0. The van der Waals surface area contributed by atoms with Crippen LogP contribution in [0.25, 0.3) is 10.8 Å². The summed E-state index contributed by atoms with van der Waals surface area (Å²) in [6.45, 7) is 0. The summed E-state index contributed by atoms with van der Waals surface area (Å²) in [7, 11) is -3.81. The molecule has 0 saturated carbocycles. The van der Waals surface area contributed by atoms with E-state index in [1.54, 1.807) is 18.2 Å². The SMILES string of the molecule is NS(=O)(=O)c1cccc(NC(=O)c2ccc3ccccc3c2)c1. The fourth-order valence-electron chi connectivity index (χ4n) is 2.28. The van der Waals surface area contributed by atoms with Gasteiger partial charge < -0.3 is 5.32 Å². The summed E-state index contributed by atoms with van der Waals surface area (Å²) in [5.74, 6) is -0.317. The lowest BCUT2D eigenvalue weighted by Gasteiger charge is -2.07. The zero-order chi connectivity index (χ0) is 16.4. The van der Waals surface area contributed by atoms with Gasteiger partial charge in [0.2, 0.25) is 10.0 Å². The molecule has 0 aliphatic rings. The highest BCUT2D eigenvalue weighted by Gasteiger charge is 2.11. The topological polar surface area (TPSA) is 89.3 Å². The van der Waals surface area contributed by atoms with Crippen molar-refractivity contribution in [3.05, 3.63) is 72.3 Å². The summed E-state index contributed by atoms with van der Waals surface area (Å²) in [5.41, 5.74) is 0.861. The summed E-state index contributed by atoms with van der Waals surface area (Å²) < 4.78 is 22.7. The monoisotopic (exact) mass is 326 g/mol. The Balaban J connectivity index is 1.88. The summed E-state index contributed by atoms with van der Waals surface area (Å²) in [6.07, 6.45) is 0. The zero-order valence-electron chi connectivity index (χ0n) is 12.1. The lowest BCUT2D eigenvalue weighted by Crippen LogP contribution is -2.14. The molecular formula is C17H14N2O3S. The number of rotatable bonds is 3. The predicted octanol–water partition coefficient (Wildman–Crippen LogP) is 2.74. The van der Waals surface area contributed by atoms with Crippen LogP contribution in [0.1, 0.15) is 10.4 Å². The van der Waals surface area contributed by atoms with Gasteiger partial charge in [0.1, 0.15) is 0 Å². The van der Waals surface area contributed by atoms with Gasteiger partial charge in [0.15, 0.2) is 0 Å². The Bertz CT molecular complexity index is 997. The lowest BCUT2D eigenvalue weighted by molar-refractivity contribution is 0.102. The highest BCUT2D eigenvalue weighted by Crippen LogP contribution is 2.18. The molecule has 0 aromatic heterocycles. The Morgan fingerprint density at radius 3 is 2.35 bits per heavy atom. The number of sulfonamides is 1. The Kier molecular flexibility index (Phi) is 3.85. The second-order valence-electron chi connectivity index (χ2n) is 5.09. The summed E-state index contributed by atoms with van der Waals surface area (Å²) in [5, 5.41) is 9.76. The molecule has 0 unspecified atom stereocenters. The molecule has 0 atom stereocenters. The minimum atomic E-state index is -3.81. The second kappa shape index (κ2) is 5.83. The van der Waals surface area contributed by atoms with Crippen LogP contribution in [0.4, 0.5) is 5.69 Å². The van der Waals surface area contributed by atoms with Crippen molar-refractivity contribution in [2.24, 2.45) is 5.14 Å². The first-order valence-electron chi connectivity index (χ1n) is 6.86. The number of benzene rings is 3. The van der Waals surface area contributed by atoms with Crippen LogP contribution in [0.5, 0.6) is 0 Å². The van der Waals surface area contributed by atoms with E-state index in [1.807, 2.05) is 30.3 Å². The molecule has 1 amide bonds. The molecule has 0 radical (unpaired) electrons. The van der Waals surface area contributed by atoms with Gasteiger partial charge in [-0.25, -0.2) is 13.6 Å². The first-order chi connectivity index (χ1) is 10.9. The van der Waals surface area contributed by atoms with E-state index in [9.17, 15) is 13.2 Å². The Labute approximate surface area is 133 Å². The first kappa shape index (κ1) is 15.2. The molecule has 23 heavy (non-hydrogen) atoms. The minimum absolute atomic E-state index is 0.0474. The van der Waals surface area contributed by atoms with E-state index >= 15 is 0 Å². The van der Waals surface area contributed by atoms with Crippen molar-refractivity contribution in [1.82, 2.24) is 0 Å². The normalized spacial score (nSPS) is 11.3. The zero-order valence-corrected chi connectivity index (χ0v) is 12.9. The van der Waals surface area contributed by atoms with E-state index < -0.39 is 10.0 Å². The number of anilines is 1. The molecule has 0 fully saturated rings. The van der Waals surface area contributed by atoms with E-state index in [0.29, 0.717) is 11.3 Å². The maximum atomic E-state index is 12.3. The van der Waals surface area contributed by atoms with E-state index in [4.69, 9.17) is 5.14 Å². The maximum Gasteiger partial charge on any atom is 0.255 e. The van der Waals surface area contributed by atoms with Gasteiger partial charge in [-0.3, -0.25) is 4.79 Å². The molecule has 0 aliphatic carbocycles. The van der Waals surface area contributed by atoms with Gasteiger partial charge in [-0.2, -0.15) is 0 Å². The average molecular weight is 326 g/mol. The number of hydrogen-bond donors (Lipinski definition) is 2. The van der Waals surface area contributed by atoms with Gasteiger partial charge in [0, 0.05) is 11.3 Å². The van der Waals surface area contributed by atoms with E-state index in [-0.39, 0.29) is 10.8 Å². The summed E-state index contributed by atoms with van der Waals surface area (Å²) in [4.78, 5) is 12.3. The number of primary sulfonamides is 1. The van der Waals surface area contributed by atoms with Crippen LogP contribution in [0.2, 0.25) is 0 Å². The molecule has 0 saturated heterocycles. The maximum absolute atomic E-state index is 12.3. The van der Waals surface area contributed by atoms with Crippen LogP contribution in [0.3, 0.4) is 0 Å². The predicted molar refractivity (Wildman–Crippen MR) is 89.7 cm³/mol. The molecule has 0 aliphatic heterocycles.